The van der Waals surface area contributed by atoms with Gasteiger partial charge in [0.15, 0.2) is 0 Å². The fraction of sp³-hybridized carbons (Fsp3) is 0.333. The maximum atomic E-state index is 8.49. The van der Waals surface area contributed by atoms with Crippen LogP contribution in [0, 0.1) is 0 Å². The summed E-state index contributed by atoms with van der Waals surface area (Å²) in [4.78, 5) is 0. The van der Waals surface area contributed by atoms with Crippen molar-refractivity contribution < 1.29 is 9.84 Å². The number of anilines is 1. The van der Waals surface area contributed by atoms with E-state index < -0.39 is 0 Å². The van der Waals surface area contributed by atoms with Gasteiger partial charge in [0.25, 0.3) is 0 Å². The molecule has 3 heteroatoms. The lowest BCUT2D eigenvalue weighted by Crippen LogP contribution is -1.99. The molecule has 1 aromatic rings. The van der Waals surface area contributed by atoms with Crippen LogP contribution >= 0.6 is 0 Å². The maximum Gasteiger partial charge on any atom is 0.119 e. The topological polar surface area (TPSA) is 55.5 Å². The zero-order valence-corrected chi connectivity index (χ0v) is 6.86. The Hall–Kier alpha value is -1.22. The highest BCUT2D eigenvalue weighted by molar-refractivity contribution is 5.41. The summed E-state index contributed by atoms with van der Waals surface area (Å²) in [6, 6.07) is 7.20. The smallest absolute Gasteiger partial charge is 0.119 e. The van der Waals surface area contributed by atoms with E-state index in [4.69, 9.17) is 15.6 Å². The van der Waals surface area contributed by atoms with Crippen molar-refractivity contribution in [3.05, 3.63) is 24.3 Å². The van der Waals surface area contributed by atoms with E-state index in [1.807, 2.05) is 12.1 Å². The van der Waals surface area contributed by atoms with Gasteiger partial charge in [-0.15, -0.1) is 0 Å². The largest absolute Gasteiger partial charge is 0.494 e. The predicted octanol–water partition coefficient (Wildman–Crippen LogP) is 1.03. The Morgan fingerprint density at radius 2 is 1.92 bits per heavy atom. The SMILES string of the molecule is Nc1ccc(OCCCO)cc1. The fourth-order valence-electron chi connectivity index (χ4n) is 0.819. The minimum Gasteiger partial charge on any atom is -0.494 e. The summed E-state index contributed by atoms with van der Waals surface area (Å²) in [6.45, 7) is 0.704. The van der Waals surface area contributed by atoms with Crippen molar-refractivity contribution in [3.63, 3.8) is 0 Å². The number of benzene rings is 1. The first kappa shape index (κ1) is 8.87. The van der Waals surface area contributed by atoms with Crippen LogP contribution in [0.4, 0.5) is 5.69 Å². The number of nitrogen functional groups attached to an aromatic ring is 1. The molecule has 0 heterocycles. The molecule has 0 aliphatic heterocycles. The molecule has 3 N–H and O–H groups in total. The van der Waals surface area contributed by atoms with Gasteiger partial charge in [-0.05, 0) is 24.3 Å². The summed E-state index contributed by atoms with van der Waals surface area (Å²) < 4.78 is 5.29. The number of aliphatic hydroxyl groups excluding tert-OH is 1. The summed E-state index contributed by atoms with van der Waals surface area (Å²) in [5, 5.41) is 8.49. The highest BCUT2D eigenvalue weighted by atomic mass is 16.5. The van der Waals surface area contributed by atoms with E-state index >= 15 is 0 Å². The van der Waals surface area contributed by atoms with E-state index in [0.717, 1.165) is 11.4 Å². The van der Waals surface area contributed by atoms with Gasteiger partial charge in [-0.25, -0.2) is 0 Å². The normalized spacial score (nSPS) is 9.75. The first-order valence-corrected chi connectivity index (χ1v) is 3.92. The minimum absolute atomic E-state index is 0.162. The van der Waals surface area contributed by atoms with E-state index in [-0.39, 0.29) is 6.61 Å². The molecule has 0 amide bonds. The molecule has 1 aromatic carbocycles. The van der Waals surface area contributed by atoms with Crippen LogP contribution in [-0.4, -0.2) is 18.3 Å². The maximum absolute atomic E-state index is 8.49. The van der Waals surface area contributed by atoms with Gasteiger partial charge in [-0.1, -0.05) is 0 Å². The molecule has 0 saturated carbocycles. The second-order valence-corrected chi connectivity index (χ2v) is 2.49. The Kier molecular flexibility index (Phi) is 3.41. The average Bonchev–Trinajstić information content (AvgIpc) is 2.09. The Bertz CT molecular complexity index is 220. The highest BCUT2D eigenvalue weighted by Gasteiger charge is 1.91. The zero-order chi connectivity index (χ0) is 8.81. The van der Waals surface area contributed by atoms with Gasteiger partial charge in [0.05, 0.1) is 6.61 Å². The number of hydrogen-bond donors (Lipinski definition) is 2. The molecule has 0 aliphatic rings. The molecule has 12 heavy (non-hydrogen) atoms. The highest BCUT2D eigenvalue weighted by Crippen LogP contribution is 2.12. The van der Waals surface area contributed by atoms with Crippen molar-refractivity contribution in [2.75, 3.05) is 18.9 Å². The van der Waals surface area contributed by atoms with Crippen LogP contribution in [0.25, 0.3) is 0 Å². The summed E-state index contributed by atoms with van der Waals surface area (Å²) >= 11 is 0. The van der Waals surface area contributed by atoms with E-state index in [1.165, 1.54) is 0 Å². The lowest BCUT2D eigenvalue weighted by Gasteiger charge is -2.04. The van der Waals surface area contributed by atoms with Crippen LogP contribution < -0.4 is 10.5 Å². The zero-order valence-electron chi connectivity index (χ0n) is 6.86. The number of ether oxygens (including phenoxy) is 1. The molecule has 66 valence electrons. The van der Waals surface area contributed by atoms with Crippen molar-refractivity contribution in [2.45, 2.75) is 6.42 Å². The van der Waals surface area contributed by atoms with Crippen LogP contribution in [-0.2, 0) is 0 Å². The average molecular weight is 167 g/mol. The van der Waals surface area contributed by atoms with E-state index in [9.17, 15) is 0 Å². The molecule has 0 aliphatic carbocycles. The van der Waals surface area contributed by atoms with E-state index in [0.29, 0.717) is 13.0 Å². The van der Waals surface area contributed by atoms with Gasteiger partial charge in [-0.2, -0.15) is 0 Å². The Labute approximate surface area is 71.8 Å². The summed E-state index contributed by atoms with van der Waals surface area (Å²) in [5.41, 5.74) is 6.21. The predicted molar refractivity (Wildman–Crippen MR) is 48.1 cm³/mol. The Morgan fingerprint density at radius 3 is 2.50 bits per heavy atom. The van der Waals surface area contributed by atoms with Gasteiger partial charge in [0.1, 0.15) is 5.75 Å². The third kappa shape index (κ3) is 2.80. The number of nitrogens with two attached hydrogens (primary N) is 1. The van der Waals surface area contributed by atoms with E-state index in [1.54, 1.807) is 12.1 Å². The minimum atomic E-state index is 0.162. The van der Waals surface area contributed by atoms with Crippen molar-refractivity contribution >= 4 is 5.69 Å². The third-order valence-corrected chi connectivity index (χ3v) is 1.45. The number of hydrogen-bond acceptors (Lipinski definition) is 3. The standard InChI is InChI=1S/C9H13NO2/c10-8-2-4-9(5-3-8)12-7-1-6-11/h2-5,11H,1,6-7,10H2. The van der Waals surface area contributed by atoms with Gasteiger partial charge in [0, 0.05) is 18.7 Å². The molecule has 0 radical (unpaired) electrons. The first-order valence-electron chi connectivity index (χ1n) is 3.92. The van der Waals surface area contributed by atoms with Crippen LogP contribution in [0.2, 0.25) is 0 Å². The van der Waals surface area contributed by atoms with Gasteiger partial charge >= 0.3 is 0 Å². The second kappa shape index (κ2) is 4.62. The van der Waals surface area contributed by atoms with Crippen LogP contribution in [0.5, 0.6) is 5.75 Å². The molecular weight excluding hydrogens is 154 g/mol. The third-order valence-electron chi connectivity index (χ3n) is 1.45. The summed E-state index contributed by atoms with van der Waals surface area (Å²) in [5.74, 6) is 0.789. The van der Waals surface area contributed by atoms with Gasteiger partial charge < -0.3 is 15.6 Å². The Balaban J connectivity index is 2.37. The molecule has 3 nitrogen and oxygen atoms in total. The van der Waals surface area contributed by atoms with Crippen LogP contribution in [0.1, 0.15) is 6.42 Å². The quantitative estimate of drug-likeness (QED) is 0.520. The number of rotatable bonds is 4. The molecular formula is C9H13NO2. The van der Waals surface area contributed by atoms with Crippen molar-refractivity contribution in [1.29, 1.82) is 0 Å². The molecule has 0 spiro atoms. The molecule has 0 saturated heterocycles. The molecule has 0 fully saturated rings. The second-order valence-electron chi connectivity index (χ2n) is 2.49. The molecule has 0 bridgehead atoms. The van der Waals surface area contributed by atoms with Crippen molar-refractivity contribution in [1.82, 2.24) is 0 Å². The van der Waals surface area contributed by atoms with Crippen LogP contribution in [0.3, 0.4) is 0 Å². The molecule has 0 unspecified atom stereocenters. The molecule has 0 aromatic heterocycles. The van der Waals surface area contributed by atoms with Crippen molar-refractivity contribution in [2.24, 2.45) is 0 Å². The monoisotopic (exact) mass is 167 g/mol. The van der Waals surface area contributed by atoms with Gasteiger partial charge in [0.2, 0.25) is 0 Å². The molecule has 0 atom stereocenters. The first-order chi connectivity index (χ1) is 5.83. The lowest BCUT2D eigenvalue weighted by molar-refractivity contribution is 0.233. The summed E-state index contributed by atoms with van der Waals surface area (Å²) in [6.07, 6.45) is 0.657. The molecule has 1 rings (SSSR count). The van der Waals surface area contributed by atoms with Gasteiger partial charge in [-0.3, -0.25) is 0 Å². The number of aliphatic hydroxyl groups is 1. The Morgan fingerprint density at radius 1 is 1.25 bits per heavy atom. The fourth-order valence-corrected chi connectivity index (χ4v) is 0.819. The summed E-state index contributed by atoms with van der Waals surface area (Å²) in [7, 11) is 0. The van der Waals surface area contributed by atoms with Crippen molar-refractivity contribution in [3.8, 4) is 5.75 Å². The van der Waals surface area contributed by atoms with E-state index in [2.05, 4.69) is 0 Å². The lowest BCUT2D eigenvalue weighted by atomic mass is 10.3. The van der Waals surface area contributed by atoms with Crippen LogP contribution in [0.15, 0.2) is 24.3 Å².